The van der Waals surface area contributed by atoms with Crippen molar-refractivity contribution in [1.29, 1.82) is 0 Å². The van der Waals surface area contributed by atoms with Gasteiger partial charge in [0.05, 0.1) is 53.9 Å². The lowest BCUT2D eigenvalue weighted by atomic mass is 9.66. The summed E-state index contributed by atoms with van der Waals surface area (Å²) < 4.78 is 113. The molecule has 68 heavy (non-hydrogen) atoms. The molecule has 0 atom stereocenters. The van der Waals surface area contributed by atoms with Crippen molar-refractivity contribution in [2.24, 2.45) is 0 Å². The van der Waals surface area contributed by atoms with E-state index in [9.17, 15) is 25.3 Å². The third-order valence-corrected chi connectivity index (χ3v) is 19.7. The second-order valence-corrected chi connectivity index (χ2v) is 25.1. The van der Waals surface area contributed by atoms with Crippen LogP contribution in [0, 0.1) is 20.8 Å². The van der Waals surface area contributed by atoms with Crippen LogP contribution in [0.15, 0.2) is 124 Å². The van der Waals surface area contributed by atoms with Crippen LogP contribution in [-0.4, -0.2) is 60.9 Å². The molecule has 3 heterocycles. The highest BCUT2D eigenvalue weighted by atomic mass is 79.9. The monoisotopic (exact) mass is 1170 g/mol. The minimum atomic E-state index is -4.14. The van der Waals surface area contributed by atoms with Crippen LogP contribution in [0.25, 0.3) is 0 Å². The van der Waals surface area contributed by atoms with Crippen molar-refractivity contribution in [3.05, 3.63) is 143 Å². The molecule has 0 N–H and O–H groups in total. The lowest BCUT2D eigenvalue weighted by Gasteiger charge is -2.47. The molecular weight excluding hydrogens is 1120 g/mol. The Labute approximate surface area is 423 Å². The fraction of sp³-hybridized carbons (Fsp3) is 0.280. The standard InChI is InChI=1S/C50H48Br3N3O9S3/c1-32-8-14-38(15-9-32)66(57,58)54(23-5-20-51)35-26-41-47-42(27-35)64-44-29-37(56(25-7-22-53)68(61,62)40-18-12-34(3)13-19-40)31-46-49(44)50(47,4)48-43(63-41)28-36(30-45(48)65-46)55(24-6-21-52)67(59,60)39-16-10-33(2)11-17-39/h8-19,26-31H,5-7,20-25H2,1-4H3. The van der Waals surface area contributed by atoms with Gasteiger partial charge in [-0.25, -0.2) is 25.3 Å². The fourth-order valence-corrected chi connectivity index (χ4v) is 14.4. The average Bonchev–Trinajstić information content (AvgIpc) is 3.29. The number of hydrogen-bond acceptors (Lipinski definition) is 9. The highest BCUT2D eigenvalue weighted by molar-refractivity contribution is 9.09. The third-order valence-electron chi connectivity index (χ3n) is 12.5. The van der Waals surface area contributed by atoms with Crippen LogP contribution in [0.1, 0.15) is 59.6 Å². The van der Waals surface area contributed by atoms with Gasteiger partial charge < -0.3 is 14.2 Å². The van der Waals surface area contributed by atoms with E-state index >= 15 is 0 Å². The van der Waals surface area contributed by atoms with Crippen LogP contribution in [0.4, 0.5) is 17.1 Å². The number of aryl methyl sites for hydroxylation is 3. The van der Waals surface area contributed by atoms with Crippen LogP contribution in [0.5, 0.6) is 34.5 Å². The van der Waals surface area contributed by atoms with E-state index in [1.807, 2.05) is 27.7 Å². The van der Waals surface area contributed by atoms with E-state index in [2.05, 4.69) is 47.8 Å². The van der Waals surface area contributed by atoms with Crippen molar-refractivity contribution in [3.8, 4) is 34.5 Å². The molecule has 0 aromatic heterocycles. The zero-order valence-corrected chi connectivity index (χ0v) is 44.8. The molecule has 6 aromatic carbocycles. The predicted octanol–water partition coefficient (Wildman–Crippen LogP) is 12.2. The first-order valence-electron chi connectivity index (χ1n) is 22.0. The number of hydrogen-bond donors (Lipinski definition) is 0. The Morgan fingerprint density at radius 3 is 0.838 bits per heavy atom. The van der Waals surface area contributed by atoms with Crippen molar-refractivity contribution in [2.45, 2.75) is 67.1 Å². The highest BCUT2D eigenvalue weighted by Crippen LogP contribution is 2.68. The van der Waals surface area contributed by atoms with Gasteiger partial charge >= 0.3 is 0 Å². The maximum Gasteiger partial charge on any atom is 0.264 e. The maximum atomic E-state index is 14.7. The largest absolute Gasteiger partial charge is 0.456 e. The van der Waals surface area contributed by atoms with Gasteiger partial charge in [-0.2, -0.15) is 0 Å². The van der Waals surface area contributed by atoms with Crippen molar-refractivity contribution in [3.63, 3.8) is 0 Å². The topological polar surface area (TPSA) is 140 Å². The molecule has 356 valence electrons. The van der Waals surface area contributed by atoms with Crippen LogP contribution in [0.3, 0.4) is 0 Å². The van der Waals surface area contributed by atoms with Gasteiger partial charge in [-0.05, 0) is 83.4 Å². The second-order valence-electron chi connectivity index (χ2n) is 17.2. The molecule has 9 rings (SSSR count). The summed E-state index contributed by atoms with van der Waals surface area (Å²) in [7, 11) is -12.4. The van der Waals surface area contributed by atoms with E-state index in [0.29, 0.717) is 86.4 Å². The van der Waals surface area contributed by atoms with Gasteiger partial charge in [-0.3, -0.25) is 12.9 Å². The van der Waals surface area contributed by atoms with E-state index in [4.69, 9.17) is 14.2 Å². The fourth-order valence-electron chi connectivity index (χ4n) is 9.14. The molecule has 0 bridgehead atoms. The second kappa shape index (κ2) is 18.6. The van der Waals surface area contributed by atoms with Gasteiger partial charge in [0.15, 0.2) is 0 Å². The first kappa shape index (κ1) is 48.4. The average molecular weight is 1170 g/mol. The van der Waals surface area contributed by atoms with Crippen LogP contribution < -0.4 is 27.1 Å². The number of sulfonamides is 3. The minimum absolute atomic E-state index is 0.109. The summed E-state index contributed by atoms with van der Waals surface area (Å²) in [6.45, 7) is 8.01. The smallest absolute Gasteiger partial charge is 0.264 e. The van der Waals surface area contributed by atoms with Gasteiger partial charge in [0.2, 0.25) is 0 Å². The van der Waals surface area contributed by atoms with Crippen LogP contribution in [-0.2, 0) is 35.5 Å². The normalized spacial score (nSPS) is 14.0. The predicted molar refractivity (Wildman–Crippen MR) is 277 cm³/mol. The van der Waals surface area contributed by atoms with Gasteiger partial charge in [0.25, 0.3) is 30.1 Å². The van der Waals surface area contributed by atoms with Crippen molar-refractivity contribution in [2.75, 3.05) is 48.5 Å². The molecule has 12 nitrogen and oxygen atoms in total. The molecule has 0 fully saturated rings. The molecule has 0 radical (unpaired) electrons. The number of halogens is 3. The van der Waals surface area contributed by atoms with Crippen LogP contribution >= 0.6 is 47.8 Å². The van der Waals surface area contributed by atoms with Gasteiger partial charge in [0.1, 0.15) is 34.5 Å². The number of nitrogens with zero attached hydrogens (tertiary/aromatic N) is 3. The molecule has 0 saturated heterocycles. The summed E-state index contributed by atoms with van der Waals surface area (Å²) in [6, 6.07) is 30.2. The quantitative estimate of drug-likeness (QED) is 0.0768. The van der Waals surface area contributed by atoms with E-state index < -0.39 is 35.5 Å². The number of rotatable bonds is 18. The van der Waals surface area contributed by atoms with Gasteiger partial charge in [0, 0.05) is 72.0 Å². The zero-order valence-electron chi connectivity index (χ0n) is 37.6. The summed E-state index contributed by atoms with van der Waals surface area (Å²) in [5, 5.41) is 1.59. The summed E-state index contributed by atoms with van der Waals surface area (Å²) in [5.41, 5.74) is 4.27. The number of ether oxygens (including phenoxy) is 3. The number of alkyl halides is 3. The highest BCUT2D eigenvalue weighted by Gasteiger charge is 2.54. The number of anilines is 3. The summed E-state index contributed by atoms with van der Waals surface area (Å²) in [5.74, 6) is 1.81. The molecule has 3 aliphatic heterocycles. The molecule has 3 aliphatic rings. The third kappa shape index (κ3) is 8.39. The number of benzene rings is 6. The Hall–Kier alpha value is -4.59. The first-order chi connectivity index (χ1) is 32.4. The Bertz CT molecular complexity index is 2870. The van der Waals surface area contributed by atoms with Crippen molar-refractivity contribution in [1.82, 2.24) is 0 Å². The molecule has 0 aliphatic carbocycles. The lowest BCUT2D eigenvalue weighted by Crippen LogP contribution is -2.38. The minimum Gasteiger partial charge on any atom is -0.456 e. The van der Waals surface area contributed by atoms with Gasteiger partial charge in [-0.1, -0.05) is 101 Å². The van der Waals surface area contributed by atoms with E-state index in [0.717, 1.165) is 16.7 Å². The summed E-state index contributed by atoms with van der Waals surface area (Å²) in [6.07, 6.45) is 1.41. The summed E-state index contributed by atoms with van der Waals surface area (Å²) in [4.78, 5) is 0.328. The lowest BCUT2D eigenvalue weighted by molar-refractivity contribution is 0.337. The zero-order chi connectivity index (χ0) is 48.3. The SMILES string of the molecule is Cc1ccc(S(=O)(=O)N(CCCBr)c2cc3c4c(c2)Oc2cc(N(CCCBr)S(=O)(=O)c5ccc(C)cc5)cc5c2C4(C)c2c(cc(N(CCCBr)S(=O)(=O)c4ccc(C)cc4)cc2O5)O3)cc1. The van der Waals surface area contributed by atoms with Crippen molar-refractivity contribution >= 4 is 94.9 Å². The molecule has 0 saturated carbocycles. The molecule has 18 heteroatoms. The van der Waals surface area contributed by atoms with E-state index in [-0.39, 0.29) is 51.4 Å². The Balaban J connectivity index is 1.29. The molecular formula is C50H48Br3N3O9S3. The summed E-state index contributed by atoms with van der Waals surface area (Å²) >= 11 is 10.5. The van der Waals surface area contributed by atoms with Crippen LogP contribution in [0.2, 0.25) is 0 Å². The molecule has 0 unspecified atom stereocenters. The van der Waals surface area contributed by atoms with E-state index in [1.165, 1.54) is 12.9 Å². The Morgan fingerprint density at radius 2 is 0.632 bits per heavy atom. The Morgan fingerprint density at radius 1 is 0.412 bits per heavy atom. The van der Waals surface area contributed by atoms with E-state index in [1.54, 1.807) is 109 Å². The van der Waals surface area contributed by atoms with Gasteiger partial charge in [-0.15, -0.1) is 0 Å². The molecule has 0 spiro atoms. The van der Waals surface area contributed by atoms with Crippen molar-refractivity contribution < 1.29 is 39.5 Å². The Kier molecular flexibility index (Phi) is 13.3. The maximum absolute atomic E-state index is 14.7. The first-order valence-corrected chi connectivity index (χ1v) is 29.7. The molecule has 6 aromatic rings. The molecule has 0 amide bonds.